The average Bonchev–Trinajstić information content (AvgIpc) is 3.33. The molecule has 2 N–H and O–H groups in total. The van der Waals surface area contributed by atoms with Gasteiger partial charge in [-0.05, 0) is 19.1 Å². The monoisotopic (exact) mass is 360 g/mol. The molecule has 4 atom stereocenters. The van der Waals surface area contributed by atoms with Crippen LogP contribution in [0.5, 0.6) is 5.75 Å². The molecule has 4 rings (SSSR count). The number of ether oxygens (including phenoxy) is 4. The van der Waals surface area contributed by atoms with E-state index < -0.39 is 5.91 Å². The summed E-state index contributed by atoms with van der Waals surface area (Å²) in [5.74, 6) is 0.0699. The average molecular weight is 360 g/mol. The van der Waals surface area contributed by atoms with Crippen LogP contribution < -0.4 is 10.5 Å². The van der Waals surface area contributed by atoms with Gasteiger partial charge in [-0.1, -0.05) is 17.7 Å². The first-order valence-corrected chi connectivity index (χ1v) is 8.37. The van der Waals surface area contributed by atoms with Gasteiger partial charge in [0.2, 0.25) is 5.82 Å². The number of aryl methyl sites for hydroxylation is 1. The minimum atomic E-state index is -0.678. The number of fused-ring (bicyclic) bond motifs is 1. The molecule has 2 aliphatic rings. The van der Waals surface area contributed by atoms with Crippen molar-refractivity contribution in [2.24, 2.45) is 5.73 Å². The number of hydrogen-bond acceptors (Lipinski definition) is 7. The number of nitrogens with two attached hydrogens (primary N) is 1. The summed E-state index contributed by atoms with van der Waals surface area (Å²) in [6.07, 6.45) is 0.589. The number of rotatable bonds is 6. The van der Waals surface area contributed by atoms with Gasteiger partial charge in [-0.25, -0.2) is 9.67 Å². The molecule has 9 nitrogen and oxygen atoms in total. The van der Waals surface area contributed by atoms with Crippen LogP contribution in [0, 0.1) is 6.92 Å². The third kappa shape index (κ3) is 3.41. The number of carbonyl (C=O) groups excluding carboxylic acids is 1. The van der Waals surface area contributed by atoms with Gasteiger partial charge in [0.25, 0.3) is 5.91 Å². The van der Waals surface area contributed by atoms with Crippen LogP contribution in [0.2, 0.25) is 0 Å². The molecule has 0 saturated carbocycles. The first kappa shape index (κ1) is 17.0. The van der Waals surface area contributed by atoms with Gasteiger partial charge in [0.15, 0.2) is 6.10 Å². The summed E-state index contributed by atoms with van der Waals surface area (Å²) >= 11 is 0. The van der Waals surface area contributed by atoms with Crippen LogP contribution in [-0.4, -0.2) is 58.3 Å². The van der Waals surface area contributed by atoms with Crippen molar-refractivity contribution < 1.29 is 23.7 Å². The van der Waals surface area contributed by atoms with Crippen LogP contribution in [-0.2, 0) is 20.9 Å². The highest BCUT2D eigenvalue weighted by molar-refractivity contribution is 5.88. The van der Waals surface area contributed by atoms with E-state index in [1.807, 2.05) is 31.2 Å². The number of hydrogen-bond donors (Lipinski definition) is 1. The highest BCUT2D eigenvalue weighted by Gasteiger charge is 2.49. The molecular weight excluding hydrogens is 340 g/mol. The van der Waals surface area contributed by atoms with Crippen molar-refractivity contribution in [3.05, 3.63) is 42.0 Å². The van der Waals surface area contributed by atoms with Crippen LogP contribution >= 0.6 is 0 Å². The van der Waals surface area contributed by atoms with Crippen molar-refractivity contribution in [3.63, 3.8) is 0 Å². The Bertz CT molecular complexity index is 778. The molecule has 1 aromatic carbocycles. The van der Waals surface area contributed by atoms with Gasteiger partial charge in [-0.2, -0.15) is 0 Å². The number of benzene rings is 1. The zero-order valence-corrected chi connectivity index (χ0v) is 14.3. The van der Waals surface area contributed by atoms with E-state index in [0.717, 1.165) is 5.75 Å². The molecule has 2 aromatic rings. The molecule has 0 radical (unpaired) electrons. The Labute approximate surface area is 150 Å². The van der Waals surface area contributed by atoms with E-state index in [9.17, 15) is 4.79 Å². The summed E-state index contributed by atoms with van der Waals surface area (Å²) in [5.41, 5.74) is 6.31. The molecule has 3 heterocycles. The first-order valence-electron chi connectivity index (χ1n) is 8.37. The SMILES string of the molecule is Cc1ccc(O[C@H]2CO[C@H]3[C@@H]2OC[C@H]3OCn2cnc(C(N)=O)n2)cc1. The quantitative estimate of drug-likeness (QED) is 0.787. The summed E-state index contributed by atoms with van der Waals surface area (Å²) in [5, 5.41) is 3.93. The van der Waals surface area contributed by atoms with Gasteiger partial charge < -0.3 is 24.7 Å². The van der Waals surface area contributed by atoms with Crippen LogP contribution in [0.1, 0.15) is 16.2 Å². The maximum absolute atomic E-state index is 11.0. The first-order chi connectivity index (χ1) is 12.6. The van der Waals surface area contributed by atoms with Crippen molar-refractivity contribution in [1.82, 2.24) is 14.8 Å². The summed E-state index contributed by atoms with van der Waals surface area (Å²) in [6.45, 7) is 3.01. The molecule has 0 bridgehead atoms. The second-order valence-electron chi connectivity index (χ2n) is 6.37. The number of nitrogens with zero attached hydrogens (tertiary/aromatic N) is 3. The molecular formula is C17H20N4O5. The van der Waals surface area contributed by atoms with Crippen molar-refractivity contribution in [3.8, 4) is 5.75 Å². The number of primary amides is 1. The Hall–Kier alpha value is -2.49. The Morgan fingerprint density at radius 1 is 1.23 bits per heavy atom. The number of carbonyl (C=O) groups is 1. The summed E-state index contributed by atoms with van der Waals surface area (Å²) in [7, 11) is 0. The molecule has 2 saturated heterocycles. The van der Waals surface area contributed by atoms with Crippen LogP contribution in [0.15, 0.2) is 30.6 Å². The third-order valence-corrected chi connectivity index (χ3v) is 4.45. The predicted octanol–water partition coefficient (Wildman–Crippen LogP) is 0.273. The maximum atomic E-state index is 11.0. The third-order valence-electron chi connectivity index (χ3n) is 4.45. The molecule has 1 aromatic heterocycles. The van der Waals surface area contributed by atoms with Gasteiger partial charge in [0, 0.05) is 0 Å². The number of aromatic nitrogens is 3. The Kier molecular flexibility index (Phi) is 4.58. The lowest BCUT2D eigenvalue weighted by atomic mass is 10.1. The summed E-state index contributed by atoms with van der Waals surface area (Å²) < 4.78 is 24.9. The van der Waals surface area contributed by atoms with Crippen molar-refractivity contribution >= 4 is 5.91 Å². The lowest BCUT2D eigenvalue weighted by Gasteiger charge is -2.18. The van der Waals surface area contributed by atoms with Crippen LogP contribution in [0.4, 0.5) is 0 Å². The van der Waals surface area contributed by atoms with E-state index in [4.69, 9.17) is 24.7 Å². The minimum absolute atomic E-state index is 0.0437. The fraction of sp³-hybridized carbons (Fsp3) is 0.471. The summed E-state index contributed by atoms with van der Waals surface area (Å²) in [6, 6.07) is 7.88. The van der Waals surface area contributed by atoms with Gasteiger partial charge in [0.1, 0.15) is 37.1 Å². The molecule has 2 aliphatic heterocycles. The molecule has 26 heavy (non-hydrogen) atoms. The van der Waals surface area contributed by atoms with E-state index >= 15 is 0 Å². The van der Waals surface area contributed by atoms with Crippen molar-refractivity contribution in [1.29, 1.82) is 0 Å². The van der Waals surface area contributed by atoms with E-state index in [0.29, 0.717) is 13.2 Å². The molecule has 0 unspecified atom stereocenters. The minimum Gasteiger partial charge on any atom is -0.485 e. The normalized spacial score (nSPS) is 27.4. The molecule has 2 fully saturated rings. The van der Waals surface area contributed by atoms with Crippen molar-refractivity contribution in [2.75, 3.05) is 13.2 Å². The highest BCUT2D eigenvalue weighted by Crippen LogP contribution is 2.31. The Balaban J connectivity index is 1.32. The smallest absolute Gasteiger partial charge is 0.288 e. The molecule has 0 spiro atoms. The Morgan fingerprint density at radius 3 is 2.62 bits per heavy atom. The molecule has 138 valence electrons. The largest absolute Gasteiger partial charge is 0.485 e. The molecule has 1 amide bonds. The van der Waals surface area contributed by atoms with Crippen molar-refractivity contribution in [2.45, 2.75) is 38.1 Å². The lowest BCUT2D eigenvalue weighted by molar-refractivity contribution is -0.0634. The predicted molar refractivity (Wildman–Crippen MR) is 88.5 cm³/mol. The zero-order valence-electron chi connectivity index (χ0n) is 14.3. The van der Waals surface area contributed by atoms with Gasteiger partial charge >= 0.3 is 0 Å². The Morgan fingerprint density at radius 2 is 1.92 bits per heavy atom. The fourth-order valence-electron chi connectivity index (χ4n) is 3.11. The van der Waals surface area contributed by atoms with E-state index in [1.54, 1.807) is 0 Å². The standard InChI is InChI=1S/C17H20N4O5/c1-10-2-4-11(5-3-10)26-13-7-24-14-12(6-23-15(13)14)25-9-21-8-19-17(20-21)16(18)22/h2-5,8,12-15H,6-7,9H2,1H3,(H2,18,22)/t12-,13+,14-,15-/m1/s1. The highest BCUT2D eigenvalue weighted by atomic mass is 16.6. The van der Waals surface area contributed by atoms with Gasteiger partial charge in [-0.15, -0.1) is 5.10 Å². The van der Waals surface area contributed by atoms with Crippen LogP contribution in [0.25, 0.3) is 0 Å². The van der Waals surface area contributed by atoms with E-state index in [-0.39, 0.29) is 37.0 Å². The van der Waals surface area contributed by atoms with E-state index in [2.05, 4.69) is 10.1 Å². The van der Waals surface area contributed by atoms with Crippen LogP contribution in [0.3, 0.4) is 0 Å². The second kappa shape index (κ2) is 7.02. The van der Waals surface area contributed by atoms with E-state index in [1.165, 1.54) is 16.6 Å². The fourth-order valence-corrected chi connectivity index (χ4v) is 3.11. The second-order valence-corrected chi connectivity index (χ2v) is 6.37. The van der Waals surface area contributed by atoms with Gasteiger partial charge in [-0.3, -0.25) is 4.79 Å². The maximum Gasteiger partial charge on any atom is 0.288 e. The lowest BCUT2D eigenvalue weighted by Crippen LogP contribution is -2.35. The number of amides is 1. The topological polar surface area (TPSA) is 111 Å². The summed E-state index contributed by atoms with van der Waals surface area (Å²) in [4.78, 5) is 14.8. The molecule has 9 heteroatoms. The molecule has 0 aliphatic carbocycles. The van der Waals surface area contributed by atoms with Gasteiger partial charge in [0.05, 0.1) is 13.2 Å². The zero-order chi connectivity index (χ0) is 18.1.